The van der Waals surface area contributed by atoms with E-state index in [0.29, 0.717) is 72.2 Å². The molecule has 0 radical (unpaired) electrons. The number of carbonyl (C=O) groups is 3. The van der Waals surface area contributed by atoms with Crippen LogP contribution in [0, 0.1) is 0 Å². The maximum atomic E-state index is 12.5. The summed E-state index contributed by atoms with van der Waals surface area (Å²) in [5.41, 5.74) is 12.5. The molecule has 1 aliphatic carbocycles. The predicted molar refractivity (Wildman–Crippen MR) is 168 cm³/mol. The third-order valence-electron chi connectivity index (χ3n) is 7.16. The molecule has 2 aromatic carbocycles. The fraction of sp³-hybridized carbons (Fsp3) is 0.531. The molecule has 3 N–H and O–H groups in total. The SMILES string of the molecule is [N-]=[N+]=NCCOCCOCCOCCOCCC(=O)NCCCC[C@@H](NC(=O)OCC1c2ccccc2-c2ccccc21)C(=O)O. The topological polar surface area (TPSA) is 190 Å². The number of alkyl carbamates (subject to hydrolysis) is 1. The van der Waals surface area contributed by atoms with E-state index in [0.717, 1.165) is 22.3 Å². The molecule has 0 spiro atoms. The second kappa shape index (κ2) is 21.5. The van der Waals surface area contributed by atoms with Gasteiger partial charge in [0, 0.05) is 30.3 Å². The van der Waals surface area contributed by atoms with Gasteiger partial charge in [-0.2, -0.15) is 0 Å². The summed E-state index contributed by atoms with van der Waals surface area (Å²) in [4.78, 5) is 38.9. The van der Waals surface area contributed by atoms with E-state index in [2.05, 4.69) is 20.7 Å². The number of azide groups is 1. The molecule has 1 atom stereocenters. The highest BCUT2D eigenvalue weighted by Crippen LogP contribution is 2.44. The summed E-state index contributed by atoms with van der Waals surface area (Å²) in [6.45, 7) is 3.78. The number of benzene rings is 2. The van der Waals surface area contributed by atoms with Crippen LogP contribution in [0.4, 0.5) is 4.79 Å². The minimum absolute atomic E-state index is 0.101. The molecular formula is C32H43N5O9. The summed E-state index contributed by atoms with van der Waals surface area (Å²) in [5.74, 6) is -1.42. The van der Waals surface area contributed by atoms with Crippen molar-refractivity contribution in [2.45, 2.75) is 37.6 Å². The fourth-order valence-electron chi connectivity index (χ4n) is 4.91. The number of hydrogen-bond acceptors (Lipinski definition) is 9. The largest absolute Gasteiger partial charge is 0.480 e. The summed E-state index contributed by atoms with van der Waals surface area (Å²) in [6.07, 6.45) is 0.673. The Morgan fingerprint density at radius 3 is 1.98 bits per heavy atom. The summed E-state index contributed by atoms with van der Waals surface area (Å²) in [7, 11) is 0. The van der Waals surface area contributed by atoms with Crippen LogP contribution in [0.1, 0.15) is 42.7 Å². The first-order valence-electron chi connectivity index (χ1n) is 15.4. The van der Waals surface area contributed by atoms with Gasteiger partial charge in [-0.05, 0) is 47.0 Å². The maximum Gasteiger partial charge on any atom is 0.407 e. The first kappa shape index (κ1) is 36.3. The summed E-state index contributed by atoms with van der Waals surface area (Å²) in [6, 6.07) is 14.9. The van der Waals surface area contributed by atoms with Crippen molar-refractivity contribution in [3.05, 3.63) is 70.1 Å². The number of amides is 2. The van der Waals surface area contributed by atoms with Gasteiger partial charge >= 0.3 is 12.1 Å². The predicted octanol–water partition coefficient (Wildman–Crippen LogP) is 4.03. The zero-order chi connectivity index (χ0) is 32.8. The standard InChI is InChI=1S/C32H43N5O9/c33-37-35-14-16-43-18-20-45-22-21-44-19-17-42-15-12-30(38)34-13-6-5-11-29(31(39)40)36-32(41)46-23-28-26-9-3-1-7-24(26)25-8-2-4-10-27(25)28/h1-4,7-10,28-29H,5-6,11-23H2,(H,34,38)(H,36,41)(H,39,40)/t29-/m1/s1. The average molecular weight is 642 g/mol. The molecule has 2 aromatic rings. The molecule has 46 heavy (non-hydrogen) atoms. The van der Waals surface area contributed by atoms with Gasteiger partial charge in [-0.15, -0.1) is 0 Å². The highest BCUT2D eigenvalue weighted by atomic mass is 16.6. The number of nitrogens with one attached hydrogen (secondary N) is 2. The van der Waals surface area contributed by atoms with E-state index in [1.54, 1.807) is 0 Å². The van der Waals surface area contributed by atoms with Crippen molar-refractivity contribution < 1.29 is 43.2 Å². The number of carbonyl (C=O) groups excluding carboxylic acids is 2. The molecule has 0 unspecified atom stereocenters. The van der Waals surface area contributed by atoms with Crippen LogP contribution in [-0.2, 0) is 33.3 Å². The molecule has 14 heteroatoms. The molecule has 0 heterocycles. The molecule has 0 aromatic heterocycles. The van der Waals surface area contributed by atoms with E-state index in [1.807, 2.05) is 48.5 Å². The van der Waals surface area contributed by atoms with Crippen LogP contribution in [0.25, 0.3) is 21.6 Å². The first-order chi connectivity index (χ1) is 22.5. The normalized spacial score (nSPS) is 12.4. The lowest BCUT2D eigenvalue weighted by Gasteiger charge is -2.17. The van der Waals surface area contributed by atoms with Gasteiger partial charge in [-0.25, -0.2) is 9.59 Å². The third kappa shape index (κ3) is 13.0. The molecule has 250 valence electrons. The summed E-state index contributed by atoms with van der Waals surface area (Å²) < 4.78 is 26.8. The summed E-state index contributed by atoms with van der Waals surface area (Å²) >= 11 is 0. The lowest BCUT2D eigenvalue weighted by Crippen LogP contribution is -2.41. The van der Waals surface area contributed by atoms with Crippen molar-refractivity contribution in [2.75, 3.05) is 72.6 Å². The quantitative estimate of drug-likeness (QED) is 0.0657. The zero-order valence-electron chi connectivity index (χ0n) is 25.9. The Morgan fingerprint density at radius 1 is 0.826 bits per heavy atom. The van der Waals surface area contributed by atoms with Crippen molar-refractivity contribution in [1.29, 1.82) is 0 Å². The smallest absolute Gasteiger partial charge is 0.407 e. The van der Waals surface area contributed by atoms with Gasteiger partial charge in [0.1, 0.15) is 12.6 Å². The van der Waals surface area contributed by atoms with E-state index in [4.69, 9.17) is 29.2 Å². The number of fused-ring (bicyclic) bond motifs is 3. The van der Waals surface area contributed by atoms with Crippen LogP contribution in [0.2, 0.25) is 0 Å². The second-order valence-electron chi connectivity index (χ2n) is 10.4. The first-order valence-corrected chi connectivity index (χ1v) is 15.4. The minimum atomic E-state index is -1.14. The van der Waals surface area contributed by atoms with Crippen LogP contribution in [0.3, 0.4) is 0 Å². The molecule has 0 saturated heterocycles. The van der Waals surface area contributed by atoms with E-state index < -0.39 is 18.1 Å². The molecular weight excluding hydrogens is 598 g/mol. The highest BCUT2D eigenvalue weighted by molar-refractivity contribution is 5.81. The van der Waals surface area contributed by atoms with Crippen LogP contribution in [0.5, 0.6) is 0 Å². The van der Waals surface area contributed by atoms with Crippen LogP contribution >= 0.6 is 0 Å². The molecule has 0 saturated carbocycles. The van der Waals surface area contributed by atoms with Crippen molar-refractivity contribution in [1.82, 2.24) is 10.6 Å². The second-order valence-corrected chi connectivity index (χ2v) is 10.4. The monoisotopic (exact) mass is 641 g/mol. The number of aliphatic carboxylic acids is 1. The van der Waals surface area contributed by atoms with E-state index in [-0.39, 0.29) is 37.9 Å². The number of carboxylic acids is 1. The Hall–Kier alpha value is -4.20. The molecule has 0 bridgehead atoms. The zero-order valence-corrected chi connectivity index (χ0v) is 25.9. The van der Waals surface area contributed by atoms with E-state index in [1.165, 1.54) is 0 Å². The minimum Gasteiger partial charge on any atom is -0.480 e. The highest BCUT2D eigenvalue weighted by Gasteiger charge is 2.29. The number of rotatable bonds is 24. The van der Waals surface area contributed by atoms with E-state index >= 15 is 0 Å². The number of hydrogen-bond donors (Lipinski definition) is 3. The van der Waals surface area contributed by atoms with Crippen molar-refractivity contribution in [2.24, 2.45) is 5.11 Å². The lowest BCUT2D eigenvalue weighted by molar-refractivity contribution is -0.139. The lowest BCUT2D eigenvalue weighted by atomic mass is 9.98. The van der Waals surface area contributed by atoms with Gasteiger partial charge in [-0.1, -0.05) is 53.6 Å². The third-order valence-corrected chi connectivity index (χ3v) is 7.16. The molecule has 0 fully saturated rings. The van der Waals surface area contributed by atoms with E-state index in [9.17, 15) is 19.5 Å². The molecule has 0 aliphatic heterocycles. The van der Waals surface area contributed by atoms with Crippen LogP contribution < -0.4 is 10.6 Å². The van der Waals surface area contributed by atoms with Crippen LogP contribution in [0.15, 0.2) is 53.6 Å². The Morgan fingerprint density at radius 2 is 1.39 bits per heavy atom. The molecule has 2 amide bonds. The Labute approximate surface area is 268 Å². The molecule has 14 nitrogen and oxygen atoms in total. The maximum absolute atomic E-state index is 12.5. The van der Waals surface area contributed by atoms with Crippen LogP contribution in [-0.4, -0.2) is 102 Å². The van der Waals surface area contributed by atoms with Gasteiger partial charge in [0.25, 0.3) is 0 Å². The van der Waals surface area contributed by atoms with Gasteiger partial charge in [0.2, 0.25) is 5.91 Å². The molecule has 1 aliphatic rings. The van der Waals surface area contributed by atoms with Crippen molar-refractivity contribution in [3.63, 3.8) is 0 Å². The number of carboxylic acid groups (broad SMARTS) is 1. The Kier molecular flexibility index (Phi) is 17.0. The fourth-order valence-corrected chi connectivity index (χ4v) is 4.91. The Balaban J connectivity index is 1.18. The van der Waals surface area contributed by atoms with Crippen molar-refractivity contribution >= 4 is 18.0 Å². The number of unbranched alkanes of at least 4 members (excludes halogenated alkanes) is 1. The number of nitrogens with zero attached hydrogens (tertiary/aromatic N) is 3. The van der Waals surface area contributed by atoms with Gasteiger partial charge < -0.3 is 39.4 Å². The van der Waals surface area contributed by atoms with Gasteiger partial charge in [0.05, 0.1) is 52.9 Å². The van der Waals surface area contributed by atoms with Gasteiger partial charge in [-0.3, -0.25) is 4.79 Å². The Bertz CT molecular complexity index is 1240. The average Bonchev–Trinajstić information content (AvgIpc) is 3.38. The van der Waals surface area contributed by atoms with Gasteiger partial charge in [0.15, 0.2) is 0 Å². The molecule has 3 rings (SSSR count). The summed E-state index contributed by atoms with van der Waals surface area (Å²) in [5, 5.41) is 18.2. The number of ether oxygens (including phenoxy) is 5. The van der Waals surface area contributed by atoms with Crippen molar-refractivity contribution in [3.8, 4) is 11.1 Å².